The molecule has 0 spiro atoms. The second kappa shape index (κ2) is 6.29. The van der Waals surface area contributed by atoms with Crippen LogP contribution < -0.4 is 0 Å². The van der Waals surface area contributed by atoms with E-state index in [9.17, 15) is 8.42 Å². The molecule has 6 nitrogen and oxygen atoms in total. The highest BCUT2D eigenvalue weighted by Crippen LogP contribution is 2.25. The smallest absolute Gasteiger partial charge is 0.152 e. The van der Waals surface area contributed by atoms with Crippen molar-refractivity contribution in [2.75, 3.05) is 11.5 Å². The SMILES string of the molecule is Cc1nc(CCCc2c[nH]c3ccccc23)n(C2CCS(=O)(=O)C2)n1. The Morgan fingerprint density at radius 1 is 1.28 bits per heavy atom. The van der Waals surface area contributed by atoms with Crippen molar-refractivity contribution in [3.8, 4) is 0 Å². The molecule has 1 aromatic carbocycles. The van der Waals surface area contributed by atoms with Crippen LogP contribution in [0.15, 0.2) is 30.5 Å². The fourth-order valence-corrected chi connectivity index (χ4v) is 5.37. The summed E-state index contributed by atoms with van der Waals surface area (Å²) in [6.07, 6.45) is 5.43. The van der Waals surface area contributed by atoms with Gasteiger partial charge in [0, 0.05) is 23.5 Å². The lowest BCUT2D eigenvalue weighted by molar-refractivity contribution is 0.472. The molecule has 7 heteroatoms. The number of nitrogens with one attached hydrogen (secondary N) is 1. The lowest BCUT2D eigenvalue weighted by atomic mass is 10.1. The van der Waals surface area contributed by atoms with E-state index in [2.05, 4.69) is 39.5 Å². The molecule has 1 aliphatic rings. The zero-order valence-corrected chi connectivity index (χ0v) is 15.1. The number of aryl methyl sites for hydroxylation is 3. The first-order chi connectivity index (χ1) is 12.0. The molecule has 1 fully saturated rings. The normalized spacial score (nSPS) is 19.6. The van der Waals surface area contributed by atoms with Gasteiger partial charge < -0.3 is 4.98 Å². The van der Waals surface area contributed by atoms with Gasteiger partial charge in [-0.1, -0.05) is 18.2 Å². The quantitative estimate of drug-likeness (QED) is 0.760. The van der Waals surface area contributed by atoms with Crippen LogP contribution in [-0.4, -0.2) is 39.7 Å². The van der Waals surface area contributed by atoms with Crippen molar-refractivity contribution < 1.29 is 8.42 Å². The standard InChI is InChI=1S/C18H22N4O2S/c1-13-20-18(22(21-13)15-9-10-25(23,24)12-15)8-4-5-14-11-19-17-7-3-2-6-16(14)17/h2-3,6-7,11,15,19H,4-5,8-10,12H2,1H3. The van der Waals surface area contributed by atoms with E-state index in [1.807, 2.05) is 17.7 Å². The molecule has 0 saturated carbocycles. The molecule has 1 N–H and O–H groups in total. The van der Waals surface area contributed by atoms with Crippen LogP contribution in [0, 0.1) is 6.92 Å². The molecule has 0 amide bonds. The minimum absolute atomic E-state index is 0.0608. The van der Waals surface area contributed by atoms with Crippen molar-refractivity contribution in [2.45, 2.75) is 38.6 Å². The first-order valence-corrected chi connectivity index (χ1v) is 10.5. The minimum atomic E-state index is -2.92. The second-order valence-corrected chi connectivity index (χ2v) is 9.02. The van der Waals surface area contributed by atoms with Gasteiger partial charge in [0.2, 0.25) is 0 Å². The van der Waals surface area contributed by atoms with Crippen LogP contribution in [0.25, 0.3) is 10.9 Å². The number of nitrogens with zero attached hydrogens (tertiary/aromatic N) is 3. The van der Waals surface area contributed by atoms with Crippen molar-refractivity contribution >= 4 is 20.7 Å². The van der Waals surface area contributed by atoms with Gasteiger partial charge in [-0.25, -0.2) is 18.1 Å². The summed E-state index contributed by atoms with van der Waals surface area (Å²) in [5.74, 6) is 2.06. The van der Waals surface area contributed by atoms with Crippen molar-refractivity contribution in [3.05, 3.63) is 47.7 Å². The summed E-state index contributed by atoms with van der Waals surface area (Å²) in [6, 6.07) is 8.24. The van der Waals surface area contributed by atoms with E-state index in [1.54, 1.807) is 0 Å². The van der Waals surface area contributed by atoms with Crippen molar-refractivity contribution in [3.63, 3.8) is 0 Å². The topological polar surface area (TPSA) is 80.6 Å². The van der Waals surface area contributed by atoms with Gasteiger partial charge >= 0.3 is 0 Å². The zero-order chi connectivity index (χ0) is 17.4. The summed E-state index contributed by atoms with van der Waals surface area (Å²) in [6.45, 7) is 1.86. The highest BCUT2D eigenvalue weighted by Gasteiger charge is 2.31. The Morgan fingerprint density at radius 2 is 2.12 bits per heavy atom. The number of fused-ring (bicyclic) bond motifs is 1. The Labute approximate surface area is 147 Å². The Morgan fingerprint density at radius 3 is 2.92 bits per heavy atom. The van der Waals surface area contributed by atoms with Crippen LogP contribution >= 0.6 is 0 Å². The van der Waals surface area contributed by atoms with E-state index < -0.39 is 9.84 Å². The molecular weight excluding hydrogens is 336 g/mol. The second-order valence-electron chi connectivity index (χ2n) is 6.79. The zero-order valence-electron chi connectivity index (χ0n) is 14.3. The van der Waals surface area contributed by atoms with E-state index in [1.165, 1.54) is 10.9 Å². The van der Waals surface area contributed by atoms with Crippen molar-refractivity contribution in [1.82, 2.24) is 19.7 Å². The van der Waals surface area contributed by atoms with E-state index in [4.69, 9.17) is 0 Å². The van der Waals surface area contributed by atoms with Gasteiger partial charge in [-0.15, -0.1) is 0 Å². The van der Waals surface area contributed by atoms with Crippen LogP contribution in [0.5, 0.6) is 0 Å². The number of hydrogen-bond donors (Lipinski definition) is 1. The van der Waals surface area contributed by atoms with Gasteiger partial charge in [-0.2, -0.15) is 5.10 Å². The van der Waals surface area contributed by atoms with E-state index >= 15 is 0 Å². The van der Waals surface area contributed by atoms with Crippen LogP contribution in [0.3, 0.4) is 0 Å². The fraction of sp³-hybridized carbons (Fsp3) is 0.444. The molecule has 0 aliphatic carbocycles. The number of benzene rings is 1. The molecule has 2 aromatic heterocycles. The number of rotatable bonds is 5. The lowest BCUT2D eigenvalue weighted by Crippen LogP contribution is -2.15. The summed E-state index contributed by atoms with van der Waals surface area (Å²) in [7, 11) is -2.92. The van der Waals surface area contributed by atoms with Gasteiger partial charge in [0.15, 0.2) is 9.84 Å². The average Bonchev–Trinajstić information content (AvgIpc) is 3.25. The maximum absolute atomic E-state index is 11.8. The number of aromatic nitrogens is 4. The maximum Gasteiger partial charge on any atom is 0.152 e. The van der Waals surface area contributed by atoms with Crippen LogP contribution in [0.1, 0.15) is 36.1 Å². The molecule has 4 rings (SSSR count). The van der Waals surface area contributed by atoms with Crippen LogP contribution in [-0.2, 0) is 22.7 Å². The minimum Gasteiger partial charge on any atom is -0.361 e. The fourth-order valence-electron chi connectivity index (χ4n) is 3.68. The Balaban J connectivity index is 1.47. The third kappa shape index (κ3) is 3.33. The Bertz CT molecular complexity index is 1000. The number of hydrogen-bond acceptors (Lipinski definition) is 4. The third-order valence-electron chi connectivity index (χ3n) is 4.88. The average molecular weight is 358 g/mol. The Kier molecular flexibility index (Phi) is 4.11. The largest absolute Gasteiger partial charge is 0.361 e. The van der Waals surface area contributed by atoms with Crippen molar-refractivity contribution in [2.24, 2.45) is 0 Å². The monoisotopic (exact) mass is 358 g/mol. The molecule has 0 bridgehead atoms. The predicted octanol–water partition coefficient (Wildman–Crippen LogP) is 2.60. The van der Waals surface area contributed by atoms with E-state index in [-0.39, 0.29) is 17.5 Å². The molecule has 1 unspecified atom stereocenters. The van der Waals surface area contributed by atoms with E-state index in [0.29, 0.717) is 12.2 Å². The molecule has 1 atom stereocenters. The molecule has 0 radical (unpaired) electrons. The van der Waals surface area contributed by atoms with E-state index in [0.717, 1.165) is 30.6 Å². The van der Waals surface area contributed by atoms with Crippen LogP contribution in [0.4, 0.5) is 0 Å². The molecule has 3 aromatic rings. The van der Waals surface area contributed by atoms with Gasteiger partial charge in [-0.05, 0) is 37.8 Å². The maximum atomic E-state index is 11.8. The summed E-state index contributed by atoms with van der Waals surface area (Å²) in [5.41, 5.74) is 2.47. The first-order valence-electron chi connectivity index (χ1n) is 8.69. The first kappa shape index (κ1) is 16.3. The Hall–Kier alpha value is -2.15. The third-order valence-corrected chi connectivity index (χ3v) is 6.63. The molecule has 132 valence electrons. The summed E-state index contributed by atoms with van der Waals surface area (Å²) in [5, 5.41) is 5.72. The van der Waals surface area contributed by atoms with Crippen LogP contribution in [0.2, 0.25) is 0 Å². The highest BCUT2D eigenvalue weighted by atomic mass is 32.2. The van der Waals surface area contributed by atoms with Gasteiger partial charge in [0.1, 0.15) is 11.6 Å². The van der Waals surface area contributed by atoms with Gasteiger partial charge in [-0.3, -0.25) is 0 Å². The summed E-state index contributed by atoms with van der Waals surface area (Å²) in [4.78, 5) is 7.84. The number of sulfone groups is 1. The van der Waals surface area contributed by atoms with Gasteiger partial charge in [0.05, 0.1) is 17.5 Å². The molecule has 3 heterocycles. The van der Waals surface area contributed by atoms with Crippen molar-refractivity contribution in [1.29, 1.82) is 0 Å². The number of H-pyrrole nitrogens is 1. The molecule has 25 heavy (non-hydrogen) atoms. The summed E-state index contributed by atoms with van der Waals surface area (Å²) >= 11 is 0. The lowest BCUT2D eigenvalue weighted by Gasteiger charge is -2.11. The molecular formula is C18H22N4O2S. The highest BCUT2D eigenvalue weighted by molar-refractivity contribution is 7.91. The number of para-hydroxylation sites is 1. The molecule has 1 saturated heterocycles. The summed E-state index contributed by atoms with van der Waals surface area (Å²) < 4.78 is 25.4. The van der Waals surface area contributed by atoms with Gasteiger partial charge in [0.25, 0.3) is 0 Å². The molecule has 1 aliphatic heterocycles. The predicted molar refractivity (Wildman–Crippen MR) is 97.4 cm³/mol. The number of aromatic amines is 1.